The number of nitrogens with one attached hydrogen (secondary N) is 4. The molecule has 0 heterocycles. The van der Waals surface area contributed by atoms with Gasteiger partial charge in [-0.15, -0.1) is 0 Å². The normalized spacial score (nSPS) is 11.4. The minimum atomic E-state index is 0.0993. The molecule has 8 nitrogen and oxygen atoms in total. The van der Waals surface area contributed by atoms with Crippen LogP contribution in [0.15, 0.2) is 0 Å². The topological polar surface area (TPSA) is 103 Å². The van der Waals surface area contributed by atoms with Crippen molar-refractivity contribution in [3.63, 3.8) is 0 Å². The van der Waals surface area contributed by atoms with Crippen molar-refractivity contribution in [1.82, 2.24) is 26.2 Å². The Morgan fingerprint density at radius 3 is 0.803 bits per heavy atom. The Bertz CT molecular complexity index is 872. The van der Waals surface area contributed by atoms with Crippen LogP contribution in [0, 0.1) is 0 Å². The van der Waals surface area contributed by atoms with Crippen LogP contribution in [-0.4, -0.2) is 75.0 Å². The van der Waals surface area contributed by atoms with Crippen LogP contribution in [0.1, 0.15) is 271 Å². The molecule has 0 aliphatic heterocycles. The molecule has 0 saturated carbocycles. The average Bonchev–Trinajstić information content (AvgIpc) is 3.26. The molecule has 362 valence electrons. The maximum absolute atomic E-state index is 12.7. The molecule has 0 aliphatic rings. The number of hydrogen-bond donors (Lipinski definition) is 4. The van der Waals surface area contributed by atoms with E-state index in [1.165, 1.54) is 212 Å². The van der Waals surface area contributed by atoms with Crippen molar-refractivity contribution in [2.75, 3.05) is 52.4 Å². The highest BCUT2D eigenvalue weighted by atomic mass is 16.2. The van der Waals surface area contributed by atoms with Gasteiger partial charge in [0.1, 0.15) is 0 Å². The van der Waals surface area contributed by atoms with Gasteiger partial charge in [0.2, 0.25) is 17.7 Å². The van der Waals surface area contributed by atoms with Gasteiger partial charge in [0.15, 0.2) is 0 Å². The highest BCUT2D eigenvalue weighted by Gasteiger charge is 2.11. The molecule has 0 aromatic heterocycles. The molecular formula is C53H107N5O3. The molecule has 0 aromatic carbocycles. The Morgan fingerprint density at radius 2 is 0.525 bits per heavy atom. The molecule has 0 fully saturated rings. The third-order valence-electron chi connectivity index (χ3n) is 12.5. The van der Waals surface area contributed by atoms with Crippen molar-refractivity contribution in [3.8, 4) is 0 Å². The molecule has 0 aliphatic carbocycles. The molecule has 0 rings (SSSR count). The summed E-state index contributed by atoms with van der Waals surface area (Å²) >= 11 is 0. The highest BCUT2D eigenvalue weighted by Crippen LogP contribution is 2.14. The van der Waals surface area contributed by atoms with Crippen LogP contribution in [0.3, 0.4) is 0 Å². The molecule has 3 amide bonds. The van der Waals surface area contributed by atoms with Crippen LogP contribution in [0.25, 0.3) is 0 Å². The molecule has 0 saturated heterocycles. The standard InChI is InChI=1S/C53H107N5O3/c1-4-7-10-13-16-19-22-25-28-31-34-37-43-55-51(59)40-46-54-47-50-58(48-41-52(60)56-44-38-35-32-29-26-23-20-17-14-11-8-5-2)49-42-53(61)57-45-39-36-33-30-27-24-21-18-15-12-9-6-3/h54H,4-50H2,1-3H3,(H,55,59)(H,56,60)(H,57,61). The Morgan fingerprint density at radius 1 is 0.279 bits per heavy atom. The number of nitrogens with zero attached hydrogens (tertiary/aromatic N) is 1. The first-order valence-electron chi connectivity index (χ1n) is 27.3. The number of unbranched alkanes of at least 4 members (excludes halogenated alkanes) is 33. The summed E-state index contributed by atoms with van der Waals surface area (Å²) in [6, 6.07) is 0. The zero-order valence-electron chi connectivity index (χ0n) is 41.4. The summed E-state index contributed by atoms with van der Waals surface area (Å²) in [5.74, 6) is 0.312. The third-order valence-corrected chi connectivity index (χ3v) is 12.5. The van der Waals surface area contributed by atoms with Gasteiger partial charge in [0.05, 0.1) is 0 Å². The highest BCUT2D eigenvalue weighted by molar-refractivity contribution is 5.77. The molecule has 61 heavy (non-hydrogen) atoms. The van der Waals surface area contributed by atoms with Gasteiger partial charge in [0, 0.05) is 71.6 Å². The predicted octanol–water partition coefficient (Wildman–Crippen LogP) is 13.5. The van der Waals surface area contributed by atoms with Gasteiger partial charge in [-0.25, -0.2) is 0 Å². The van der Waals surface area contributed by atoms with Crippen LogP contribution in [0.4, 0.5) is 0 Å². The van der Waals surface area contributed by atoms with Crippen molar-refractivity contribution >= 4 is 17.7 Å². The lowest BCUT2D eigenvalue weighted by Gasteiger charge is -2.22. The maximum Gasteiger partial charge on any atom is 0.221 e. The van der Waals surface area contributed by atoms with E-state index in [9.17, 15) is 14.4 Å². The summed E-state index contributed by atoms with van der Waals surface area (Å²) in [6.07, 6.45) is 48.8. The molecule has 8 heteroatoms. The van der Waals surface area contributed by atoms with E-state index < -0.39 is 0 Å². The summed E-state index contributed by atoms with van der Waals surface area (Å²) in [5, 5.41) is 12.8. The van der Waals surface area contributed by atoms with Gasteiger partial charge < -0.3 is 26.2 Å². The summed E-state index contributed by atoms with van der Waals surface area (Å²) in [4.78, 5) is 40.1. The molecular weight excluding hydrogens is 755 g/mol. The van der Waals surface area contributed by atoms with E-state index in [4.69, 9.17) is 0 Å². The van der Waals surface area contributed by atoms with Crippen LogP contribution >= 0.6 is 0 Å². The van der Waals surface area contributed by atoms with E-state index in [0.717, 1.165) is 52.0 Å². The van der Waals surface area contributed by atoms with Crippen molar-refractivity contribution in [3.05, 3.63) is 0 Å². The number of carbonyl (C=O) groups is 3. The van der Waals surface area contributed by atoms with E-state index in [0.29, 0.717) is 38.9 Å². The van der Waals surface area contributed by atoms with Gasteiger partial charge in [-0.3, -0.25) is 14.4 Å². The monoisotopic (exact) mass is 862 g/mol. The molecule has 0 spiro atoms. The van der Waals surface area contributed by atoms with Crippen molar-refractivity contribution < 1.29 is 14.4 Å². The van der Waals surface area contributed by atoms with E-state index in [-0.39, 0.29) is 17.7 Å². The SMILES string of the molecule is CCCCCCCCCCCCCCNC(=O)CCNCCN(CCC(=O)NCCCCCCCCCCCCCC)CCC(=O)NCCCCCCCCCCCCCC. The second-order valence-corrected chi connectivity index (χ2v) is 18.6. The molecule has 0 aromatic rings. The van der Waals surface area contributed by atoms with E-state index in [1.807, 2.05) is 0 Å². The van der Waals surface area contributed by atoms with Gasteiger partial charge in [-0.2, -0.15) is 0 Å². The van der Waals surface area contributed by atoms with Gasteiger partial charge >= 0.3 is 0 Å². The first-order valence-corrected chi connectivity index (χ1v) is 27.3. The quantitative estimate of drug-likeness (QED) is 0.0456. The summed E-state index contributed by atoms with van der Waals surface area (Å²) in [5.41, 5.74) is 0. The van der Waals surface area contributed by atoms with Gasteiger partial charge in [0.25, 0.3) is 0 Å². The van der Waals surface area contributed by atoms with Crippen molar-refractivity contribution in [1.29, 1.82) is 0 Å². The molecule has 4 N–H and O–H groups in total. The minimum Gasteiger partial charge on any atom is -0.356 e. The largest absolute Gasteiger partial charge is 0.356 e. The van der Waals surface area contributed by atoms with Crippen LogP contribution in [0.2, 0.25) is 0 Å². The molecule has 0 atom stereocenters. The number of hydrogen-bond acceptors (Lipinski definition) is 5. The second kappa shape index (κ2) is 51.0. The summed E-state index contributed by atoms with van der Waals surface area (Å²) in [6.45, 7) is 12.5. The predicted molar refractivity (Wildman–Crippen MR) is 265 cm³/mol. The summed E-state index contributed by atoms with van der Waals surface area (Å²) in [7, 11) is 0. The summed E-state index contributed by atoms with van der Waals surface area (Å²) < 4.78 is 0. The third kappa shape index (κ3) is 49.2. The number of rotatable bonds is 51. The Kier molecular flexibility index (Phi) is 49.6. The zero-order valence-corrected chi connectivity index (χ0v) is 41.4. The maximum atomic E-state index is 12.7. The fourth-order valence-corrected chi connectivity index (χ4v) is 8.27. The van der Waals surface area contributed by atoms with E-state index in [1.54, 1.807) is 0 Å². The lowest BCUT2D eigenvalue weighted by atomic mass is 10.1. The smallest absolute Gasteiger partial charge is 0.221 e. The lowest BCUT2D eigenvalue weighted by molar-refractivity contribution is -0.122. The number of amides is 3. The Labute approximate surface area is 380 Å². The first kappa shape index (κ1) is 59.3. The fourth-order valence-electron chi connectivity index (χ4n) is 8.27. The Hall–Kier alpha value is -1.67. The van der Waals surface area contributed by atoms with Crippen LogP contribution < -0.4 is 21.3 Å². The minimum absolute atomic E-state index is 0.0993. The Balaban J connectivity index is 4.27. The fraction of sp³-hybridized carbons (Fsp3) is 0.943. The lowest BCUT2D eigenvalue weighted by Crippen LogP contribution is -2.38. The first-order chi connectivity index (χ1) is 30.0. The second-order valence-electron chi connectivity index (χ2n) is 18.6. The number of carbonyl (C=O) groups excluding carboxylic acids is 3. The van der Waals surface area contributed by atoms with E-state index in [2.05, 4.69) is 46.9 Å². The van der Waals surface area contributed by atoms with E-state index >= 15 is 0 Å². The molecule has 0 radical (unpaired) electrons. The zero-order chi connectivity index (χ0) is 44.4. The average molecular weight is 862 g/mol. The van der Waals surface area contributed by atoms with Gasteiger partial charge in [-0.1, -0.05) is 233 Å². The van der Waals surface area contributed by atoms with Crippen molar-refractivity contribution in [2.24, 2.45) is 0 Å². The van der Waals surface area contributed by atoms with Gasteiger partial charge in [-0.05, 0) is 19.3 Å². The van der Waals surface area contributed by atoms with Crippen LogP contribution in [0.5, 0.6) is 0 Å². The molecule has 0 unspecified atom stereocenters. The van der Waals surface area contributed by atoms with Crippen LogP contribution in [-0.2, 0) is 14.4 Å². The van der Waals surface area contributed by atoms with Crippen molar-refractivity contribution in [2.45, 2.75) is 271 Å². The molecule has 0 bridgehead atoms.